The van der Waals surface area contributed by atoms with Crippen molar-refractivity contribution in [3.63, 3.8) is 0 Å². The minimum atomic E-state index is -1.04. The third-order valence-corrected chi connectivity index (χ3v) is 6.95. The lowest BCUT2D eigenvalue weighted by molar-refractivity contribution is 0.164. The molecule has 2 N–H and O–H groups in total. The quantitative estimate of drug-likeness (QED) is 0.822. The van der Waals surface area contributed by atoms with E-state index in [0.29, 0.717) is 0 Å². The van der Waals surface area contributed by atoms with Crippen LogP contribution in [0.3, 0.4) is 0 Å². The highest BCUT2D eigenvalue weighted by Gasteiger charge is 2.50. The zero-order valence-electron chi connectivity index (χ0n) is 12.4. The Morgan fingerprint density at radius 3 is 2.80 bits per heavy atom. The van der Waals surface area contributed by atoms with Crippen LogP contribution < -0.4 is 10.0 Å². The predicted molar refractivity (Wildman–Crippen MR) is 84.1 cm³/mol. The van der Waals surface area contributed by atoms with E-state index in [0.717, 1.165) is 32.4 Å². The lowest BCUT2D eigenvalue weighted by atomic mass is 9.74. The molecule has 3 rings (SSSR count). The van der Waals surface area contributed by atoms with Crippen molar-refractivity contribution in [3.05, 3.63) is 16.1 Å². The third kappa shape index (κ3) is 2.52. The molecule has 1 unspecified atom stereocenters. The van der Waals surface area contributed by atoms with Crippen molar-refractivity contribution in [2.24, 2.45) is 5.41 Å². The van der Waals surface area contributed by atoms with Gasteiger partial charge in [-0.3, -0.25) is 0 Å². The van der Waals surface area contributed by atoms with Crippen LogP contribution in [-0.4, -0.2) is 27.4 Å². The first-order chi connectivity index (χ1) is 9.42. The molecule has 1 aromatic heterocycles. The van der Waals surface area contributed by atoms with Gasteiger partial charge >= 0.3 is 0 Å². The normalized spacial score (nSPS) is 26.7. The Morgan fingerprint density at radius 2 is 2.15 bits per heavy atom. The highest BCUT2D eigenvalue weighted by molar-refractivity contribution is 7.90. The summed E-state index contributed by atoms with van der Waals surface area (Å²) in [6.45, 7) is 8.17. The van der Waals surface area contributed by atoms with E-state index in [2.05, 4.69) is 15.0 Å². The summed E-state index contributed by atoms with van der Waals surface area (Å²) in [6.07, 6.45) is 3.30. The van der Waals surface area contributed by atoms with Crippen molar-refractivity contribution in [2.45, 2.75) is 50.8 Å². The molecule has 2 heterocycles. The van der Waals surface area contributed by atoms with E-state index < -0.39 is 11.4 Å². The average Bonchev–Trinajstić information content (AvgIpc) is 2.91. The second-order valence-corrected chi connectivity index (χ2v) is 9.77. The van der Waals surface area contributed by atoms with Gasteiger partial charge in [0, 0.05) is 21.7 Å². The Kier molecular flexibility index (Phi) is 3.88. The maximum atomic E-state index is 12.5. The molecule has 20 heavy (non-hydrogen) atoms. The van der Waals surface area contributed by atoms with Gasteiger partial charge in [-0.05, 0) is 53.1 Å². The SMILES string of the molecule is CC(C)(C)[S+]([O-])N[C@H]1c2scnc2CC12CCNCC2. The Hall–Kier alpha value is -0.140. The largest absolute Gasteiger partial charge is 0.598 e. The van der Waals surface area contributed by atoms with Crippen LogP contribution in [0, 0.1) is 5.41 Å². The molecular weight excluding hydrogens is 290 g/mol. The molecule has 1 spiro atoms. The molecule has 0 amide bonds. The number of aromatic nitrogens is 1. The Labute approximate surface area is 128 Å². The molecule has 2 atom stereocenters. The number of nitrogens with one attached hydrogen (secondary N) is 2. The van der Waals surface area contributed by atoms with Crippen molar-refractivity contribution >= 4 is 22.7 Å². The number of piperidine rings is 1. The fourth-order valence-corrected chi connectivity index (χ4v) is 5.22. The number of nitrogens with zero attached hydrogens (tertiary/aromatic N) is 1. The van der Waals surface area contributed by atoms with Crippen LogP contribution >= 0.6 is 11.3 Å². The zero-order chi connectivity index (χ0) is 14.4. The lowest BCUT2D eigenvalue weighted by Crippen LogP contribution is -2.48. The molecule has 6 heteroatoms. The molecule has 0 saturated carbocycles. The van der Waals surface area contributed by atoms with Crippen LogP contribution in [0.5, 0.6) is 0 Å². The average molecular weight is 313 g/mol. The fourth-order valence-electron chi connectivity index (χ4n) is 3.21. The number of hydrogen-bond donors (Lipinski definition) is 2. The summed E-state index contributed by atoms with van der Waals surface area (Å²) < 4.78 is 15.7. The van der Waals surface area contributed by atoms with Crippen LogP contribution in [0.15, 0.2) is 5.51 Å². The lowest BCUT2D eigenvalue weighted by Gasteiger charge is -2.40. The summed E-state index contributed by atoms with van der Waals surface area (Å²) in [5.41, 5.74) is 3.36. The number of thiazole rings is 1. The Balaban J connectivity index is 1.87. The van der Waals surface area contributed by atoms with Gasteiger partial charge < -0.3 is 9.87 Å². The van der Waals surface area contributed by atoms with E-state index in [-0.39, 0.29) is 16.2 Å². The summed E-state index contributed by atoms with van der Waals surface area (Å²) in [7, 11) is 0. The molecule has 0 aromatic carbocycles. The molecule has 1 saturated heterocycles. The standard InChI is InChI=1S/C14H23N3OS2/c1-13(2,3)20(18)17-12-11-10(16-9-19-11)8-14(12)4-6-15-7-5-14/h9,12,15,17H,4-8H2,1-3H3/t12-,20?/m0/s1. The van der Waals surface area contributed by atoms with Crippen LogP contribution in [0.2, 0.25) is 0 Å². The molecule has 0 bridgehead atoms. The second-order valence-electron chi connectivity index (χ2n) is 6.88. The molecule has 0 radical (unpaired) electrons. The van der Waals surface area contributed by atoms with Crippen molar-refractivity contribution in [1.82, 2.24) is 15.0 Å². The third-order valence-electron chi connectivity index (χ3n) is 4.45. The van der Waals surface area contributed by atoms with Gasteiger partial charge in [-0.15, -0.1) is 16.1 Å². The van der Waals surface area contributed by atoms with Gasteiger partial charge in [0.1, 0.15) is 4.75 Å². The number of fused-ring (bicyclic) bond motifs is 1. The molecule has 1 fully saturated rings. The summed E-state index contributed by atoms with van der Waals surface area (Å²) in [5, 5.41) is 3.44. The molecule has 1 aromatic rings. The monoisotopic (exact) mass is 313 g/mol. The predicted octanol–water partition coefficient (Wildman–Crippen LogP) is 2.16. The van der Waals surface area contributed by atoms with Gasteiger partial charge in [0.05, 0.1) is 17.2 Å². The molecular formula is C14H23N3OS2. The Morgan fingerprint density at radius 1 is 1.45 bits per heavy atom. The van der Waals surface area contributed by atoms with Crippen molar-refractivity contribution in [2.75, 3.05) is 13.1 Å². The maximum absolute atomic E-state index is 12.5. The van der Waals surface area contributed by atoms with Crippen LogP contribution in [-0.2, 0) is 17.8 Å². The second kappa shape index (κ2) is 5.25. The van der Waals surface area contributed by atoms with Gasteiger partial charge in [-0.1, -0.05) is 0 Å². The topological polar surface area (TPSA) is 60.0 Å². The van der Waals surface area contributed by atoms with Crippen molar-refractivity contribution in [3.8, 4) is 0 Å². The van der Waals surface area contributed by atoms with Gasteiger partial charge in [0.25, 0.3) is 0 Å². The van der Waals surface area contributed by atoms with E-state index in [9.17, 15) is 4.55 Å². The first-order valence-corrected chi connectivity index (χ1v) is 9.26. The highest BCUT2D eigenvalue weighted by atomic mass is 32.2. The molecule has 4 nitrogen and oxygen atoms in total. The van der Waals surface area contributed by atoms with E-state index >= 15 is 0 Å². The van der Waals surface area contributed by atoms with Gasteiger partial charge in [-0.25, -0.2) is 4.98 Å². The number of rotatable bonds is 2. The van der Waals surface area contributed by atoms with Crippen LogP contribution in [0.4, 0.5) is 0 Å². The molecule has 112 valence electrons. The first kappa shape index (κ1) is 14.8. The highest BCUT2D eigenvalue weighted by Crippen LogP contribution is 2.52. The minimum absolute atomic E-state index is 0.201. The van der Waals surface area contributed by atoms with Crippen molar-refractivity contribution in [1.29, 1.82) is 0 Å². The van der Waals surface area contributed by atoms with E-state index in [1.807, 2.05) is 26.3 Å². The van der Waals surface area contributed by atoms with Crippen LogP contribution in [0.1, 0.15) is 50.2 Å². The fraction of sp³-hybridized carbons (Fsp3) is 0.786. The van der Waals surface area contributed by atoms with E-state index in [1.165, 1.54) is 10.6 Å². The van der Waals surface area contributed by atoms with E-state index in [1.54, 1.807) is 11.3 Å². The molecule has 1 aliphatic carbocycles. The zero-order valence-corrected chi connectivity index (χ0v) is 14.0. The minimum Gasteiger partial charge on any atom is -0.598 e. The summed E-state index contributed by atoms with van der Waals surface area (Å²) in [5.74, 6) is 0. The summed E-state index contributed by atoms with van der Waals surface area (Å²) in [4.78, 5) is 5.83. The molecule has 1 aliphatic heterocycles. The van der Waals surface area contributed by atoms with Crippen molar-refractivity contribution < 1.29 is 4.55 Å². The van der Waals surface area contributed by atoms with Gasteiger partial charge in [-0.2, -0.15) is 0 Å². The van der Waals surface area contributed by atoms with E-state index in [4.69, 9.17) is 0 Å². The maximum Gasteiger partial charge on any atom is 0.136 e. The molecule has 2 aliphatic rings. The smallest absolute Gasteiger partial charge is 0.136 e. The van der Waals surface area contributed by atoms with Gasteiger partial charge in [0.15, 0.2) is 0 Å². The van der Waals surface area contributed by atoms with Crippen LogP contribution in [0.25, 0.3) is 0 Å². The number of hydrogen-bond acceptors (Lipinski definition) is 5. The van der Waals surface area contributed by atoms with Gasteiger partial charge in [0.2, 0.25) is 0 Å². The Bertz CT molecular complexity index is 477. The summed E-state index contributed by atoms with van der Waals surface area (Å²) >= 11 is 0.674. The first-order valence-electron chi connectivity index (χ1n) is 7.23. The summed E-state index contributed by atoms with van der Waals surface area (Å²) in [6, 6.07) is 0.201.